The summed E-state index contributed by atoms with van der Waals surface area (Å²) in [5, 5.41) is 24.8. The van der Waals surface area contributed by atoms with Gasteiger partial charge in [0.25, 0.3) is 0 Å². The van der Waals surface area contributed by atoms with Gasteiger partial charge in [0, 0.05) is 6.61 Å². The fraction of sp³-hybridized carbons (Fsp3) is 0.333. The second-order valence-corrected chi connectivity index (χ2v) is 8.02. The van der Waals surface area contributed by atoms with Gasteiger partial charge in [-0.2, -0.15) is 0 Å². The molecular formula is C12H19AsN2O8. The largest absolute Gasteiger partial charge is 0.480 e. The SMILES string of the molecule is CC(=O)NO[As](=O)(OO)c1ccccc1.NC(CCO)C(=O)O. The van der Waals surface area contributed by atoms with Crippen LogP contribution in [0.1, 0.15) is 13.3 Å². The Morgan fingerprint density at radius 1 is 1.35 bits per heavy atom. The van der Waals surface area contributed by atoms with E-state index < -0.39 is 32.1 Å². The molecule has 23 heavy (non-hydrogen) atoms. The molecule has 0 saturated carbocycles. The molecule has 1 aromatic rings. The Morgan fingerprint density at radius 3 is 2.26 bits per heavy atom. The van der Waals surface area contributed by atoms with E-state index >= 15 is 0 Å². The van der Waals surface area contributed by atoms with Gasteiger partial charge in [0.05, 0.1) is 0 Å². The average Bonchev–Trinajstić information content (AvgIpc) is 2.54. The number of carboxylic acid groups (broad SMARTS) is 1. The van der Waals surface area contributed by atoms with E-state index in [1.54, 1.807) is 18.2 Å². The minimum atomic E-state index is -4.55. The number of hydrogen-bond donors (Lipinski definition) is 5. The van der Waals surface area contributed by atoms with E-state index in [0.29, 0.717) is 0 Å². The number of carbonyl (C=O) groups excluding carboxylic acids is 1. The Hall–Kier alpha value is -1.68. The first-order valence-corrected chi connectivity index (χ1v) is 9.53. The third kappa shape index (κ3) is 8.50. The van der Waals surface area contributed by atoms with E-state index in [9.17, 15) is 13.3 Å². The van der Waals surface area contributed by atoms with Crippen molar-refractivity contribution in [2.45, 2.75) is 19.4 Å². The molecule has 1 aromatic carbocycles. The summed E-state index contributed by atoms with van der Waals surface area (Å²) in [5.74, 6) is -1.61. The smallest absolute Gasteiger partial charge is 0.320 e. The first-order chi connectivity index (χ1) is 10.8. The molecule has 6 N–H and O–H groups in total. The van der Waals surface area contributed by atoms with Gasteiger partial charge in [-0.05, 0) is 6.42 Å². The Bertz CT molecular complexity index is 539. The fourth-order valence-electron chi connectivity index (χ4n) is 1.11. The monoisotopic (exact) mass is 394 g/mol. The van der Waals surface area contributed by atoms with Gasteiger partial charge in [-0.3, -0.25) is 4.79 Å². The summed E-state index contributed by atoms with van der Waals surface area (Å²) < 4.78 is 20.5. The van der Waals surface area contributed by atoms with Crippen LogP contribution in [0.3, 0.4) is 0 Å². The van der Waals surface area contributed by atoms with Gasteiger partial charge < -0.3 is 15.9 Å². The standard InChI is InChI=1S/C8H10AsNO5.C4H9NO3/c1-7(11)10-14-9(12,15-13)8-5-3-2-4-6-8;5-3(1-2-6)4(7)8/h2-6,13H,1H3,(H,10,11);3,6H,1-2,5H2,(H,7,8). The predicted octanol–water partition coefficient (Wildman–Crippen LogP) is -1.40. The number of nitrogens with one attached hydrogen (secondary N) is 1. The zero-order chi connectivity index (χ0) is 17.9. The predicted molar refractivity (Wildman–Crippen MR) is 78.4 cm³/mol. The summed E-state index contributed by atoms with van der Waals surface area (Å²) in [4.78, 5) is 20.4. The maximum absolute atomic E-state index is 11.8. The Labute approximate surface area is 135 Å². The first kappa shape index (κ1) is 21.3. The number of carbonyl (C=O) groups is 2. The van der Waals surface area contributed by atoms with Crippen LogP contribution in [-0.4, -0.2) is 54.2 Å². The Morgan fingerprint density at radius 2 is 1.91 bits per heavy atom. The van der Waals surface area contributed by atoms with Gasteiger partial charge in [-0.25, -0.2) is 0 Å². The van der Waals surface area contributed by atoms with Crippen LogP contribution in [-0.2, 0) is 21.0 Å². The molecule has 2 atom stereocenters. The topological polar surface area (TPSA) is 168 Å². The molecule has 130 valence electrons. The molecule has 0 spiro atoms. The van der Waals surface area contributed by atoms with E-state index in [1.807, 2.05) is 5.48 Å². The normalized spacial score (nSPS) is 13.9. The molecule has 0 saturated heterocycles. The van der Waals surface area contributed by atoms with Gasteiger partial charge in [0.1, 0.15) is 6.04 Å². The van der Waals surface area contributed by atoms with Gasteiger partial charge in [0.15, 0.2) is 0 Å². The molecule has 0 aliphatic rings. The summed E-state index contributed by atoms with van der Waals surface area (Å²) in [6, 6.07) is 6.95. The summed E-state index contributed by atoms with van der Waals surface area (Å²) in [6.45, 7) is 1.01. The van der Waals surface area contributed by atoms with Crippen molar-refractivity contribution in [3.05, 3.63) is 30.3 Å². The molecule has 0 heterocycles. The van der Waals surface area contributed by atoms with Crippen molar-refractivity contribution in [1.29, 1.82) is 0 Å². The van der Waals surface area contributed by atoms with E-state index in [4.69, 9.17) is 21.2 Å². The van der Waals surface area contributed by atoms with Crippen LogP contribution in [0.15, 0.2) is 30.3 Å². The van der Waals surface area contributed by atoms with Crippen molar-refractivity contribution in [3.8, 4) is 0 Å². The van der Waals surface area contributed by atoms with E-state index in [0.717, 1.165) is 0 Å². The van der Waals surface area contributed by atoms with Crippen molar-refractivity contribution < 1.29 is 36.5 Å². The van der Waals surface area contributed by atoms with Gasteiger partial charge in [-0.1, -0.05) is 0 Å². The van der Waals surface area contributed by atoms with Crippen molar-refractivity contribution >= 4 is 30.4 Å². The molecule has 11 heteroatoms. The van der Waals surface area contributed by atoms with Crippen LogP contribution in [0.4, 0.5) is 0 Å². The number of rotatable bonds is 7. The number of hydroxylamine groups is 1. The molecule has 0 fully saturated rings. The summed E-state index contributed by atoms with van der Waals surface area (Å²) in [7, 11) is 0. The quantitative estimate of drug-likeness (QED) is 0.212. The Balaban J connectivity index is 0.000000515. The summed E-state index contributed by atoms with van der Waals surface area (Å²) >= 11 is -4.55. The number of aliphatic hydroxyl groups is 1. The third-order valence-corrected chi connectivity index (χ3v) is 5.35. The van der Waals surface area contributed by atoms with Gasteiger partial charge in [0.2, 0.25) is 0 Å². The zero-order valence-electron chi connectivity index (χ0n) is 12.3. The number of carboxylic acids is 1. The van der Waals surface area contributed by atoms with Crippen molar-refractivity contribution in [2.24, 2.45) is 5.73 Å². The number of aliphatic hydroxyl groups excluding tert-OH is 1. The maximum Gasteiger partial charge on any atom is 0.320 e. The van der Waals surface area contributed by atoms with Crippen LogP contribution >= 0.6 is 0 Å². The second kappa shape index (κ2) is 10.9. The fourth-order valence-corrected chi connectivity index (χ4v) is 3.25. The Kier molecular flexibility index (Phi) is 10.1. The van der Waals surface area contributed by atoms with Gasteiger partial charge in [-0.15, -0.1) is 0 Å². The third-order valence-electron chi connectivity index (χ3n) is 2.25. The van der Waals surface area contributed by atoms with Crippen LogP contribution in [0.5, 0.6) is 0 Å². The molecule has 10 nitrogen and oxygen atoms in total. The molecular weight excluding hydrogens is 375 g/mol. The number of benzene rings is 1. The molecule has 1 rings (SSSR count). The molecule has 1 amide bonds. The molecule has 0 aromatic heterocycles. The number of hydrogen-bond acceptors (Lipinski definition) is 8. The average molecular weight is 394 g/mol. The van der Waals surface area contributed by atoms with Gasteiger partial charge >= 0.3 is 94.6 Å². The van der Waals surface area contributed by atoms with E-state index in [-0.39, 0.29) is 17.4 Å². The van der Waals surface area contributed by atoms with Crippen LogP contribution < -0.4 is 15.6 Å². The van der Waals surface area contributed by atoms with Crippen LogP contribution in [0.25, 0.3) is 0 Å². The molecule has 0 bridgehead atoms. The number of aliphatic carboxylic acids is 1. The number of nitrogens with two attached hydrogens (primary N) is 1. The van der Waals surface area contributed by atoms with Crippen LogP contribution in [0, 0.1) is 0 Å². The summed E-state index contributed by atoms with van der Waals surface area (Å²) in [5.41, 5.74) is 6.84. The number of amides is 1. The zero-order valence-corrected chi connectivity index (χ0v) is 14.2. The van der Waals surface area contributed by atoms with E-state index in [2.05, 4.69) is 7.70 Å². The molecule has 0 aliphatic carbocycles. The maximum atomic E-state index is 11.8. The molecule has 0 aliphatic heterocycles. The first-order valence-electron chi connectivity index (χ1n) is 6.30. The summed E-state index contributed by atoms with van der Waals surface area (Å²) in [6.07, 6.45) is 0.120. The van der Waals surface area contributed by atoms with Crippen molar-refractivity contribution in [2.75, 3.05) is 6.61 Å². The second-order valence-electron chi connectivity index (χ2n) is 4.12. The van der Waals surface area contributed by atoms with Crippen molar-refractivity contribution in [3.63, 3.8) is 0 Å². The van der Waals surface area contributed by atoms with Crippen LogP contribution in [0.2, 0.25) is 0 Å². The minimum Gasteiger partial charge on any atom is -0.480 e. The molecule has 2 unspecified atom stereocenters. The minimum absolute atomic E-state index is 0.120. The van der Waals surface area contributed by atoms with E-state index in [1.165, 1.54) is 19.1 Å². The van der Waals surface area contributed by atoms with Crippen molar-refractivity contribution in [1.82, 2.24) is 5.48 Å². The molecule has 0 radical (unpaired) electrons.